The fraction of sp³-hybridized carbons (Fsp3) is 0.0800. The first-order valence-electron chi connectivity index (χ1n) is 10.1. The van der Waals surface area contributed by atoms with Crippen molar-refractivity contribution in [1.82, 2.24) is 19.2 Å². The summed E-state index contributed by atoms with van der Waals surface area (Å²) in [5.74, 6) is 0.585. The zero-order valence-corrected chi connectivity index (χ0v) is 17.3. The smallest absolute Gasteiger partial charge is 0.274 e. The first-order chi connectivity index (χ1) is 15.1. The van der Waals surface area contributed by atoms with Crippen molar-refractivity contribution >= 4 is 17.1 Å². The number of nitrogens with one attached hydrogen (secondary N) is 1. The molecule has 1 aromatic carbocycles. The minimum Gasteiger partial charge on any atom is -0.320 e. The molecule has 0 fully saturated rings. The van der Waals surface area contributed by atoms with E-state index in [9.17, 15) is 4.79 Å². The summed E-state index contributed by atoms with van der Waals surface area (Å²) in [6, 6.07) is 19.6. The van der Waals surface area contributed by atoms with Gasteiger partial charge in [-0.3, -0.25) is 9.78 Å². The Balaban J connectivity index is 1.54. The van der Waals surface area contributed by atoms with Crippen molar-refractivity contribution in [3.8, 4) is 16.9 Å². The van der Waals surface area contributed by atoms with E-state index in [-0.39, 0.29) is 5.91 Å². The fourth-order valence-electron chi connectivity index (χ4n) is 3.69. The van der Waals surface area contributed by atoms with Crippen molar-refractivity contribution in [2.45, 2.75) is 13.8 Å². The lowest BCUT2D eigenvalue weighted by atomic mass is 10.1. The van der Waals surface area contributed by atoms with E-state index in [0.29, 0.717) is 5.69 Å². The highest BCUT2D eigenvalue weighted by Gasteiger charge is 2.17. The van der Waals surface area contributed by atoms with Gasteiger partial charge in [-0.25, -0.2) is 4.68 Å². The van der Waals surface area contributed by atoms with Crippen LogP contribution in [0.4, 0.5) is 5.69 Å². The van der Waals surface area contributed by atoms with Gasteiger partial charge in [-0.2, -0.15) is 5.10 Å². The number of amides is 1. The van der Waals surface area contributed by atoms with Crippen LogP contribution in [0.25, 0.3) is 22.5 Å². The summed E-state index contributed by atoms with van der Waals surface area (Å²) in [5, 5.41) is 7.46. The molecule has 6 nitrogen and oxygen atoms in total. The summed E-state index contributed by atoms with van der Waals surface area (Å²) in [6.45, 7) is 4.03. The maximum Gasteiger partial charge on any atom is 0.274 e. The number of fused-ring (bicyclic) bond motifs is 1. The molecule has 0 aliphatic carbocycles. The maximum absolute atomic E-state index is 13.1. The third kappa shape index (κ3) is 3.38. The number of aromatic nitrogens is 4. The van der Waals surface area contributed by atoms with Crippen LogP contribution in [0, 0.1) is 13.8 Å². The molecule has 31 heavy (non-hydrogen) atoms. The molecule has 0 unspecified atom stereocenters. The van der Waals surface area contributed by atoms with Gasteiger partial charge in [0.2, 0.25) is 0 Å². The van der Waals surface area contributed by atoms with Crippen LogP contribution in [-0.4, -0.2) is 25.1 Å². The fourth-order valence-corrected chi connectivity index (χ4v) is 3.69. The van der Waals surface area contributed by atoms with Gasteiger partial charge in [0.05, 0.1) is 6.20 Å². The first kappa shape index (κ1) is 18.8. The molecule has 0 aliphatic rings. The van der Waals surface area contributed by atoms with Crippen LogP contribution in [-0.2, 0) is 0 Å². The van der Waals surface area contributed by atoms with E-state index in [1.807, 2.05) is 79.2 Å². The second-order valence-electron chi connectivity index (χ2n) is 7.48. The Morgan fingerprint density at radius 1 is 0.903 bits per heavy atom. The topological polar surface area (TPSA) is 64.2 Å². The molecule has 5 rings (SSSR count). The van der Waals surface area contributed by atoms with Crippen LogP contribution < -0.4 is 5.32 Å². The lowest BCUT2D eigenvalue weighted by Gasteiger charge is -2.12. The number of rotatable bonds is 4. The number of hydrogen-bond acceptors (Lipinski definition) is 3. The molecule has 0 spiro atoms. The Bertz CT molecular complexity index is 1400. The van der Waals surface area contributed by atoms with Crippen molar-refractivity contribution < 1.29 is 4.79 Å². The molecular formula is C25H21N5O. The van der Waals surface area contributed by atoms with Gasteiger partial charge in [-0.15, -0.1) is 0 Å². The molecule has 0 saturated heterocycles. The highest BCUT2D eigenvalue weighted by Crippen LogP contribution is 2.24. The van der Waals surface area contributed by atoms with Crippen molar-refractivity contribution in [2.24, 2.45) is 0 Å². The number of nitrogens with zero attached hydrogens (tertiary/aromatic N) is 4. The molecule has 0 bridgehead atoms. The van der Waals surface area contributed by atoms with E-state index < -0.39 is 0 Å². The number of carbonyl (C=O) groups excluding carboxylic acids is 1. The van der Waals surface area contributed by atoms with E-state index in [1.165, 1.54) is 0 Å². The third-order valence-electron chi connectivity index (χ3n) is 5.57. The average molecular weight is 407 g/mol. The van der Waals surface area contributed by atoms with Crippen molar-refractivity contribution in [3.05, 3.63) is 102 Å². The Morgan fingerprint density at radius 3 is 2.61 bits per heavy atom. The Kier molecular flexibility index (Phi) is 4.59. The molecule has 152 valence electrons. The monoisotopic (exact) mass is 407 g/mol. The summed E-state index contributed by atoms with van der Waals surface area (Å²) in [6.07, 6.45) is 7.27. The molecule has 0 saturated carbocycles. The van der Waals surface area contributed by atoms with Gasteiger partial charge in [0, 0.05) is 35.4 Å². The van der Waals surface area contributed by atoms with Gasteiger partial charge in [-0.05, 0) is 66.9 Å². The molecule has 6 heteroatoms. The van der Waals surface area contributed by atoms with E-state index in [0.717, 1.165) is 39.3 Å². The van der Waals surface area contributed by atoms with E-state index in [2.05, 4.69) is 21.5 Å². The van der Waals surface area contributed by atoms with Gasteiger partial charge in [0.25, 0.3) is 5.91 Å². The van der Waals surface area contributed by atoms with Crippen LogP contribution in [0.15, 0.2) is 85.5 Å². The number of benzene rings is 1. The highest BCUT2D eigenvalue weighted by atomic mass is 16.2. The molecule has 4 heterocycles. The minimum atomic E-state index is -0.204. The predicted molar refractivity (Wildman–Crippen MR) is 122 cm³/mol. The molecule has 0 aliphatic heterocycles. The molecule has 0 radical (unpaired) electrons. The van der Waals surface area contributed by atoms with Crippen molar-refractivity contribution in [3.63, 3.8) is 0 Å². The number of pyridine rings is 2. The lowest BCUT2D eigenvalue weighted by molar-refractivity contribution is 0.101. The number of aryl methyl sites for hydroxylation is 1. The van der Waals surface area contributed by atoms with Crippen molar-refractivity contribution in [2.75, 3.05) is 5.32 Å². The Hall–Kier alpha value is -4.19. The quantitative estimate of drug-likeness (QED) is 0.453. The zero-order chi connectivity index (χ0) is 21.4. The van der Waals surface area contributed by atoms with E-state index in [1.54, 1.807) is 23.1 Å². The zero-order valence-electron chi connectivity index (χ0n) is 17.3. The summed E-state index contributed by atoms with van der Waals surface area (Å²) in [7, 11) is 0. The highest BCUT2D eigenvalue weighted by molar-refractivity contribution is 6.03. The molecular weight excluding hydrogens is 386 g/mol. The number of anilines is 1. The van der Waals surface area contributed by atoms with Gasteiger partial charge in [0.15, 0.2) is 0 Å². The number of hydrogen-bond donors (Lipinski definition) is 1. The first-order valence-corrected chi connectivity index (χ1v) is 10.1. The molecule has 0 atom stereocenters. The SMILES string of the molecule is Cc1cccc(NC(=O)c2ccnn2-c2ccc3ccc(-c4cccnc4)cn23)c1C. The van der Waals surface area contributed by atoms with Gasteiger partial charge in [0.1, 0.15) is 11.5 Å². The van der Waals surface area contributed by atoms with E-state index in [4.69, 9.17) is 0 Å². The van der Waals surface area contributed by atoms with Gasteiger partial charge >= 0.3 is 0 Å². The maximum atomic E-state index is 13.1. The largest absolute Gasteiger partial charge is 0.320 e. The number of carbonyl (C=O) groups is 1. The summed E-state index contributed by atoms with van der Waals surface area (Å²) in [5.41, 5.74) is 6.52. The summed E-state index contributed by atoms with van der Waals surface area (Å²) in [4.78, 5) is 17.3. The van der Waals surface area contributed by atoms with Gasteiger partial charge < -0.3 is 9.72 Å². The predicted octanol–water partition coefficient (Wildman–Crippen LogP) is 5.06. The Labute approximate surface area is 179 Å². The summed E-state index contributed by atoms with van der Waals surface area (Å²) < 4.78 is 3.70. The van der Waals surface area contributed by atoms with Crippen LogP contribution in [0.3, 0.4) is 0 Å². The summed E-state index contributed by atoms with van der Waals surface area (Å²) >= 11 is 0. The second-order valence-corrected chi connectivity index (χ2v) is 7.48. The molecule has 5 aromatic rings. The Morgan fingerprint density at radius 2 is 1.77 bits per heavy atom. The standard InChI is InChI=1S/C25H21N5O/c1-17-5-3-7-22(18(17)2)28-25(31)23-12-14-27-30(23)24-11-10-21-9-8-20(16-29(21)24)19-6-4-13-26-15-19/h3-16H,1-2H3,(H,28,31). The van der Waals surface area contributed by atoms with Crippen LogP contribution >= 0.6 is 0 Å². The van der Waals surface area contributed by atoms with Crippen LogP contribution in [0.2, 0.25) is 0 Å². The lowest BCUT2D eigenvalue weighted by Crippen LogP contribution is -2.18. The van der Waals surface area contributed by atoms with E-state index >= 15 is 0 Å². The van der Waals surface area contributed by atoms with Crippen molar-refractivity contribution in [1.29, 1.82) is 0 Å². The van der Waals surface area contributed by atoms with Gasteiger partial charge in [-0.1, -0.05) is 24.3 Å². The van der Waals surface area contributed by atoms with Crippen LogP contribution in [0.5, 0.6) is 0 Å². The minimum absolute atomic E-state index is 0.204. The van der Waals surface area contributed by atoms with Crippen LogP contribution in [0.1, 0.15) is 21.6 Å². The third-order valence-corrected chi connectivity index (χ3v) is 5.57. The molecule has 4 aromatic heterocycles. The normalized spacial score (nSPS) is 11.0. The average Bonchev–Trinajstić information content (AvgIpc) is 3.44. The second kappa shape index (κ2) is 7.57. The molecule has 1 amide bonds. The molecule has 1 N–H and O–H groups in total.